The van der Waals surface area contributed by atoms with Gasteiger partial charge in [-0.2, -0.15) is 0 Å². The van der Waals surface area contributed by atoms with Crippen LogP contribution in [-0.2, 0) is 0 Å². The van der Waals surface area contributed by atoms with Gasteiger partial charge in [-0.15, -0.1) is 0 Å². The minimum atomic E-state index is -0.322. The van der Waals surface area contributed by atoms with Gasteiger partial charge in [-0.25, -0.2) is 9.78 Å². The van der Waals surface area contributed by atoms with Crippen LogP contribution < -0.4 is 16.4 Å². The number of halogens is 2. The van der Waals surface area contributed by atoms with E-state index in [4.69, 9.17) is 5.73 Å². The summed E-state index contributed by atoms with van der Waals surface area (Å²) in [4.78, 5) is 19.1. The second-order valence-electron chi connectivity index (χ2n) is 4.99. The van der Waals surface area contributed by atoms with Crippen molar-refractivity contribution in [1.29, 1.82) is 0 Å². The van der Waals surface area contributed by atoms with Crippen LogP contribution in [0.1, 0.15) is 0 Å². The van der Waals surface area contributed by atoms with Crippen LogP contribution in [0.4, 0.5) is 22.1 Å². The number of rotatable bonds is 3. The zero-order valence-corrected chi connectivity index (χ0v) is 15.5. The summed E-state index contributed by atoms with van der Waals surface area (Å²) in [5, 5.41) is 5.56. The van der Waals surface area contributed by atoms with Crippen LogP contribution in [0.5, 0.6) is 0 Å². The first-order valence-corrected chi connectivity index (χ1v) is 8.53. The van der Waals surface area contributed by atoms with Crippen LogP contribution >= 0.6 is 31.9 Å². The van der Waals surface area contributed by atoms with Crippen LogP contribution in [0.2, 0.25) is 0 Å². The molecule has 0 aliphatic heterocycles. The van der Waals surface area contributed by atoms with E-state index in [9.17, 15) is 4.79 Å². The summed E-state index contributed by atoms with van der Waals surface area (Å²) in [5.41, 5.74) is 8.58. The van der Waals surface area contributed by atoms with Crippen LogP contribution in [0, 0.1) is 0 Å². The molecule has 0 saturated carbocycles. The van der Waals surface area contributed by atoms with Crippen LogP contribution in [0.25, 0.3) is 11.3 Å². The smallest absolute Gasteiger partial charge is 0.323 e. The van der Waals surface area contributed by atoms with Crippen molar-refractivity contribution < 1.29 is 4.79 Å². The van der Waals surface area contributed by atoms with Gasteiger partial charge in [0.25, 0.3) is 0 Å². The monoisotopic (exact) mass is 449 g/mol. The van der Waals surface area contributed by atoms with Gasteiger partial charge in [0.2, 0.25) is 0 Å². The number of imidazole rings is 1. The Morgan fingerprint density at radius 2 is 1.62 bits per heavy atom. The third kappa shape index (κ3) is 4.15. The summed E-state index contributed by atoms with van der Waals surface area (Å²) in [6.07, 6.45) is 1.73. The van der Waals surface area contributed by atoms with Crippen molar-refractivity contribution in [3.8, 4) is 11.3 Å². The van der Waals surface area contributed by atoms with E-state index in [0.29, 0.717) is 17.3 Å². The van der Waals surface area contributed by atoms with E-state index in [1.807, 2.05) is 30.3 Å². The van der Waals surface area contributed by atoms with Gasteiger partial charge in [0.1, 0.15) is 0 Å². The Morgan fingerprint density at radius 1 is 1.00 bits per heavy atom. The summed E-state index contributed by atoms with van der Waals surface area (Å²) in [6, 6.07) is 12.5. The lowest BCUT2D eigenvalue weighted by Crippen LogP contribution is -2.19. The highest BCUT2D eigenvalue weighted by atomic mass is 79.9. The Labute approximate surface area is 155 Å². The van der Waals surface area contributed by atoms with E-state index in [2.05, 4.69) is 52.5 Å². The fourth-order valence-electron chi connectivity index (χ4n) is 2.13. The number of hydrogen-bond acceptors (Lipinski definition) is 3. The molecule has 0 aliphatic carbocycles. The summed E-state index contributed by atoms with van der Waals surface area (Å²) in [6.45, 7) is 0. The van der Waals surface area contributed by atoms with Crippen molar-refractivity contribution in [2.45, 2.75) is 0 Å². The third-order valence-corrected chi connectivity index (χ3v) is 4.07. The standard InChI is InChI=1S/C16H13Br2N5O/c17-10-5-11(18)7-13(6-10)22-16(24)21-12-3-1-9(2-4-12)14-8-20-15(19)23-14/h1-8H,(H3,19,20,23)(H2,21,22,24). The summed E-state index contributed by atoms with van der Waals surface area (Å²) >= 11 is 6.77. The Balaban J connectivity index is 1.66. The number of amides is 2. The molecule has 2 aromatic carbocycles. The molecular weight excluding hydrogens is 438 g/mol. The number of nitrogen functional groups attached to an aromatic ring is 1. The maximum Gasteiger partial charge on any atom is 0.323 e. The van der Waals surface area contributed by atoms with E-state index in [0.717, 1.165) is 20.2 Å². The molecule has 5 N–H and O–H groups in total. The van der Waals surface area contributed by atoms with E-state index in [1.165, 1.54) is 0 Å². The van der Waals surface area contributed by atoms with Crippen molar-refractivity contribution >= 4 is 55.2 Å². The highest BCUT2D eigenvalue weighted by molar-refractivity contribution is 9.11. The van der Waals surface area contributed by atoms with Gasteiger partial charge in [-0.05, 0) is 30.3 Å². The fourth-order valence-corrected chi connectivity index (χ4v) is 3.42. The molecule has 0 unspecified atom stereocenters. The van der Waals surface area contributed by atoms with Gasteiger partial charge in [-0.3, -0.25) is 0 Å². The molecule has 1 heterocycles. The number of nitrogens with zero attached hydrogens (tertiary/aromatic N) is 1. The first-order chi connectivity index (χ1) is 11.5. The first kappa shape index (κ1) is 16.5. The van der Waals surface area contributed by atoms with Crippen LogP contribution in [0.3, 0.4) is 0 Å². The van der Waals surface area contributed by atoms with E-state index < -0.39 is 0 Å². The number of nitrogens with one attached hydrogen (secondary N) is 3. The minimum Gasteiger partial charge on any atom is -0.369 e. The molecule has 0 spiro atoms. The number of anilines is 3. The lowest BCUT2D eigenvalue weighted by Gasteiger charge is -2.09. The molecule has 6 nitrogen and oxygen atoms in total. The van der Waals surface area contributed by atoms with Gasteiger partial charge >= 0.3 is 6.03 Å². The second kappa shape index (κ2) is 7.06. The van der Waals surface area contributed by atoms with Crippen molar-refractivity contribution in [2.24, 2.45) is 0 Å². The van der Waals surface area contributed by atoms with Crippen molar-refractivity contribution in [1.82, 2.24) is 9.97 Å². The van der Waals surface area contributed by atoms with E-state index >= 15 is 0 Å². The minimum absolute atomic E-state index is 0.322. The number of aromatic nitrogens is 2. The number of H-pyrrole nitrogens is 1. The molecule has 1 aromatic heterocycles. The Hall–Kier alpha value is -2.32. The second-order valence-corrected chi connectivity index (χ2v) is 6.82. The van der Waals surface area contributed by atoms with Gasteiger partial charge in [0, 0.05) is 32.1 Å². The maximum absolute atomic E-state index is 12.1. The molecule has 3 rings (SSSR count). The van der Waals surface area contributed by atoms with Gasteiger partial charge in [0.15, 0.2) is 5.95 Å². The van der Waals surface area contributed by atoms with Crippen LogP contribution in [-0.4, -0.2) is 16.0 Å². The molecule has 0 aliphatic rings. The van der Waals surface area contributed by atoms with Gasteiger partial charge in [0.05, 0.1) is 5.69 Å². The predicted octanol–water partition coefficient (Wildman–Crippen LogP) is 4.83. The molecular formula is C16H13Br2N5O. The Kier molecular flexibility index (Phi) is 4.86. The molecule has 8 heteroatoms. The van der Waals surface area contributed by atoms with E-state index in [-0.39, 0.29) is 6.03 Å². The molecule has 0 fully saturated rings. The molecule has 2 amide bonds. The lowest BCUT2D eigenvalue weighted by atomic mass is 10.1. The lowest BCUT2D eigenvalue weighted by molar-refractivity contribution is 0.262. The number of carbonyl (C=O) groups excluding carboxylic acids is 1. The molecule has 0 saturated heterocycles. The van der Waals surface area contributed by atoms with Gasteiger partial charge in [-0.1, -0.05) is 44.0 Å². The predicted molar refractivity (Wildman–Crippen MR) is 103 cm³/mol. The maximum atomic E-state index is 12.1. The van der Waals surface area contributed by atoms with Crippen molar-refractivity contribution in [2.75, 3.05) is 16.4 Å². The SMILES string of the molecule is Nc1nc(-c2ccc(NC(=O)Nc3cc(Br)cc(Br)c3)cc2)c[nH]1. The fraction of sp³-hybridized carbons (Fsp3) is 0. The van der Waals surface area contributed by atoms with Crippen molar-refractivity contribution in [3.05, 3.63) is 57.6 Å². The van der Waals surface area contributed by atoms with Crippen LogP contribution in [0.15, 0.2) is 57.6 Å². The number of hydrogen-bond donors (Lipinski definition) is 4. The number of nitrogens with two attached hydrogens (primary N) is 1. The zero-order valence-electron chi connectivity index (χ0n) is 12.3. The Morgan fingerprint density at radius 3 is 2.21 bits per heavy atom. The number of benzene rings is 2. The zero-order chi connectivity index (χ0) is 17.1. The molecule has 3 aromatic rings. The topological polar surface area (TPSA) is 95.8 Å². The van der Waals surface area contributed by atoms with Gasteiger partial charge < -0.3 is 21.4 Å². The first-order valence-electron chi connectivity index (χ1n) is 6.95. The molecule has 0 atom stereocenters. The number of carbonyl (C=O) groups is 1. The van der Waals surface area contributed by atoms with Crippen molar-refractivity contribution in [3.63, 3.8) is 0 Å². The summed E-state index contributed by atoms with van der Waals surface area (Å²) in [5.74, 6) is 0.367. The highest BCUT2D eigenvalue weighted by Gasteiger charge is 2.06. The normalized spacial score (nSPS) is 10.4. The molecule has 0 bridgehead atoms. The molecule has 24 heavy (non-hydrogen) atoms. The summed E-state index contributed by atoms with van der Waals surface area (Å²) in [7, 11) is 0. The third-order valence-electron chi connectivity index (χ3n) is 3.16. The largest absolute Gasteiger partial charge is 0.369 e. The summed E-state index contributed by atoms with van der Waals surface area (Å²) < 4.78 is 1.74. The number of aromatic amines is 1. The highest BCUT2D eigenvalue weighted by Crippen LogP contribution is 2.24. The number of urea groups is 1. The average molecular weight is 451 g/mol. The molecule has 0 radical (unpaired) electrons. The quantitative estimate of drug-likeness (QED) is 0.460. The van der Waals surface area contributed by atoms with E-state index in [1.54, 1.807) is 18.3 Å². The molecule has 122 valence electrons. The Bertz CT molecular complexity index is 856. The average Bonchev–Trinajstić information content (AvgIpc) is 2.93.